The zero-order valence-corrected chi connectivity index (χ0v) is 6.86. The molecule has 2 rings (SSSR count). The maximum Gasteiger partial charge on any atom is 0.178 e. The Labute approximate surface area is 70.0 Å². The summed E-state index contributed by atoms with van der Waals surface area (Å²) < 4.78 is 1.54. The third-order valence-electron chi connectivity index (χ3n) is 1.84. The number of hydrogen-bond acceptors (Lipinski definition) is 3. The number of nitrogens with two attached hydrogens (primary N) is 1. The molecule has 0 bridgehead atoms. The molecular weight excluding hydrogens is 152 g/mol. The number of nitrogen functional groups attached to an aromatic ring is 1. The fraction of sp³-hybridized carbons (Fsp3) is 0.250. The monoisotopic (exact) mass is 162 g/mol. The van der Waals surface area contributed by atoms with Gasteiger partial charge < -0.3 is 5.84 Å². The first kappa shape index (κ1) is 7.09. The second-order valence-electron chi connectivity index (χ2n) is 2.60. The molecule has 4 nitrogen and oxygen atoms in total. The average Bonchev–Trinajstić information content (AvgIpc) is 2.44. The second kappa shape index (κ2) is 2.48. The number of nitrogens with zero attached hydrogens (tertiary/aromatic N) is 3. The van der Waals surface area contributed by atoms with Crippen molar-refractivity contribution < 1.29 is 0 Å². The van der Waals surface area contributed by atoms with E-state index in [0.29, 0.717) is 0 Å². The zero-order valence-electron chi connectivity index (χ0n) is 6.86. The van der Waals surface area contributed by atoms with Gasteiger partial charge in [-0.15, -0.1) is 0 Å². The fourth-order valence-electron chi connectivity index (χ4n) is 1.23. The lowest BCUT2D eigenvalue weighted by Gasteiger charge is -1.95. The third-order valence-corrected chi connectivity index (χ3v) is 1.84. The summed E-state index contributed by atoms with van der Waals surface area (Å²) in [7, 11) is 0. The molecule has 0 aromatic carbocycles. The van der Waals surface area contributed by atoms with E-state index >= 15 is 0 Å². The Morgan fingerprint density at radius 2 is 2.42 bits per heavy atom. The van der Waals surface area contributed by atoms with E-state index in [4.69, 9.17) is 5.84 Å². The van der Waals surface area contributed by atoms with Crippen molar-refractivity contribution in [3.63, 3.8) is 0 Å². The average molecular weight is 162 g/mol. The number of aromatic nitrogens is 3. The minimum absolute atomic E-state index is 0.745. The maximum atomic E-state index is 5.74. The molecule has 2 N–H and O–H groups in total. The summed E-state index contributed by atoms with van der Waals surface area (Å²) in [6, 6.07) is 3.76. The predicted molar refractivity (Wildman–Crippen MR) is 47.1 cm³/mol. The molecule has 0 saturated carbocycles. The van der Waals surface area contributed by atoms with E-state index in [1.165, 1.54) is 4.68 Å². The zero-order chi connectivity index (χ0) is 8.55. The molecule has 0 atom stereocenters. The minimum Gasteiger partial charge on any atom is -0.336 e. The van der Waals surface area contributed by atoms with E-state index in [1.807, 2.05) is 19.1 Å². The van der Waals surface area contributed by atoms with Gasteiger partial charge in [0.1, 0.15) is 11.3 Å². The van der Waals surface area contributed by atoms with Crippen LogP contribution in [0.1, 0.15) is 12.7 Å². The van der Waals surface area contributed by atoms with E-state index in [-0.39, 0.29) is 0 Å². The second-order valence-corrected chi connectivity index (χ2v) is 2.60. The van der Waals surface area contributed by atoms with Gasteiger partial charge in [-0.25, -0.2) is 14.6 Å². The summed E-state index contributed by atoms with van der Waals surface area (Å²) in [6.45, 7) is 2.02. The van der Waals surface area contributed by atoms with Crippen LogP contribution in [-0.4, -0.2) is 14.6 Å². The van der Waals surface area contributed by atoms with Gasteiger partial charge in [0.15, 0.2) is 5.65 Å². The van der Waals surface area contributed by atoms with Gasteiger partial charge in [0.2, 0.25) is 0 Å². The first-order valence-corrected chi connectivity index (χ1v) is 3.90. The summed E-state index contributed by atoms with van der Waals surface area (Å²) in [5.41, 5.74) is 1.60. The summed E-state index contributed by atoms with van der Waals surface area (Å²) in [5.74, 6) is 6.61. The molecular formula is C8H10N4. The van der Waals surface area contributed by atoms with Crippen LogP contribution >= 0.6 is 0 Å². The van der Waals surface area contributed by atoms with Crippen molar-refractivity contribution in [2.45, 2.75) is 13.3 Å². The van der Waals surface area contributed by atoms with Gasteiger partial charge in [-0.2, -0.15) is 0 Å². The quantitative estimate of drug-likeness (QED) is 0.628. The molecule has 12 heavy (non-hydrogen) atoms. The Morgan fingerprint density at radius 1 is 1.58 bits per heavy atom. The van der Waals surface area contributed by atoms with Gasteiger partial charge >= 0.3 is 0 Å². The molecule has 2 aromatic heterocycles. The first-order valence-electron chi connectivity index (χ1n) is 3.90. The van der Waals surface area contributed by atoms with Gasteiger partial charge in [0.25, 0.3) is 0 Å². The van der Waals surface area contributed by atoms with E-state index in [1.54, 1.807) is 6.20 Å². The highest BCUT2D eigenvalue weighted by Crippen LogP contribution is 2.09. The predicted octanol–water partition coefficient (Wildman–Crippen LogP) is 0.707. The molecule has 2 heterocycles. The van der Waals surface area contributed by atoms with Crippen LogP contribution in [0.5, 0.6) is 0 Å². The van der Waals surface area contributed by atoms with E-state index in [9.17, 15) is 0 Å². The van der Waals surface area contributed by atoms with Gasteiger partial charge in [0, 0.05) is 12.6 Å². The molecule has 0 unspecified atom stereocenters. The number of imidazole rings is 1. The van der Waals surface area contributed by atoms with Crippen molar-refractivity contribution in [2.24, 2.45) is 0 Å². The Kier molecular flexibility index (Phi) is 1.46. The molecule has 0 fully saturated rings. The standard InChI is InChI=1S/C8H10N4/c1-2-7-11-6-4-3-5-10-8(6)12(7)9/h3-5H,2,9H2,1H3. The van der Waals surface area contributed by atoms with Crippen LogP contribution < -0.4 is 5.84 Å². The van der Waals surface area contributed by atoms with Gasteiger partial charge in [-0.3, -0.25) is 0 Å². The fourth-order valence-corrected chi connectivity index (χ4v) is 1.23. The first-order chi connectivity index (χ1) is 5.83. The van der Waals surface area contributed by atoms with Crippen molar-refractivity contribution in [3.8, 4) is 0 Å². The topological polar surface area (TPSA) is 56.7 Å². The van der Waals surface area contributed by atoms with E-state index in [0.717, 1.165) is 23.4 Å². The van der Waals surface area contributed by atoms with Crippen LogP contribution in [-0.2, 0) is 6.42 Å². The molecule has 0 aliphatic carbocycles. The van der Waals surface area contributed by atoms with Crippen molar-refractivity contribution in [3.05, 3.63) is 24.2 Å². The van der Waals surface area contributed by atoms with Crippen molar-refractivity contribution >= 4 is 11.2 Å². The lowest BCUT2D eigenvalue weighted by atomic mass is 10.4. The molecule has 0 amide bonds. The highest BCUT2D eigenvalue weighted by molar-refractivity contribution is 5.71. The number of hydrogen-bond donors (Lipinski definition) is 1. The number of pyridine rings is 1. The third kappa shape index (κ3) is 0.845. The molecule has 0 spiro atoms. The Bertz CT molecular complexity index is 404. The van der Waals surface area contributed by atoms with E-state index < -0.39 is 0 Å². The van der Waals surface area contributed by atoms with Crippen molar-refractivity contribution in [1.82, 2.24) is 14.6 Å². The van der Waals surface area contributed by atoms with Crippen molar-refractivity contribution in [1.29, 1.82) is 0 Å². The molecule has 0 radical (unpaired) electrons. The molecule has 4 heteroatoms. The lowest BCUT2D eigenvalue weighted by molar-refractivity contribution is 0.870. The summed E-state index contributed by atoms with van der Waals surface area (Å²) in [5, 5.41) is 0. The van der Waals surface area contributed by atoms with Crippen LogP contribution in [0.15, 0.2) is 18.3 Å². The Morgan fingerprint density at radius 3 is 3.08 bits per heavy atom. The lowest BCUT2D eigenvalue weighted by Crippen LogP contribution is -2.12. The molecule has 2 aromatic rings. The smallest absolute Gasteiger partial charge is 0.178 e. The van der Waals surface area contributed by atoms with Crippen molar-refractivity contribution in [2.75, 3.05) is 5.84 Å². The van der Waals surface area contributed by atoms with Crippen LogP contribution in [0.2, 0.25) is 0 Å². The molecule has 0 aliphatic heterocycles. The van der Waals surface area contributed by atoms with Gasteiger partial charge in [-0.1, -0.05) is 6.92 Å². The van der Waals surface area contributed by atoms with E-state index in [2.05, 4.69) is 9.97 Å². The van der Waals surface area contributed by atoms with Crippen LogP contribution in [0.3, 0.4) is 0 Å². The normalized spacial score (nSPS) is 10.8. The SMILES string of the molecule is CCc1nc2cccnc2n1N. The molecule has 0 saturated heterocycles. The Hall–Kier alpha value is -1.58. The number of rotatable bonds is 1. The van der Waals surface area contributed by atoms with Crippen LogP contribution in [0.25, 0.3) is 11.2 Å². The largest absolute Gasteiger partial charge is 0.336 e. The highest BCUT2D eigenvalue weighted by Gasteiger charge is 2.05. The van der Waals surface area contributed by atoms with Gasteiger partial charge in [0.05, 0.1) is 0 Å². The summed E-state index contributed by atoms with van der Waals surface area (Å²) in [6.07, 6.45) is 2.54. The minimum atomic E-state index is 0.745. The maximum absolute atomic E-state index is 5.74. The summed E-state index contributed by atoms with van der Waals surface area (Å²) in [4.78, 5) is 8.43. The highest BCUT2D eigenvalue weighted by atomic mass is 15.3. The Balaban J connectivity index is 2.78. The summed E-state index contributed by atoms with van der Waals surface area (Å²) >= 11 is 0. The van der Waals surface area contributed by atoms with Crippen LogP contribution in [0.4, 0.5) is 0 Å². The van der Waals surface area contributed by atoms with Gasteiger partial charge in [-0.05, 0) is 12.1 Å². The number of fused-ring (bicyclic) bond motifs is 1. The van der Waals surface area contributed by atoms with Crippen LogP contribution in [0, 0.1) is 0 Å². The molecule has 0 aliphatic rings. The number of aryl methyl sites for hydroxylation is 1. The molecule has 62 valence electrons.